The van der Waals surface area contributed by atoms with E-state index in [1.54, 1.807) is 0 Å². The number of aryl methyl sites for hydroxylation is 1. The average molecular weight is 268 g/mol. The van der Waals surface area contributed by atoms with Gasteiger partial charge in [-0.25, -0.2) is 4.99 Å². The van der Waals surface area contributed by atoms with E-state index in [4.69, 9.17) is 0 Å². The van der Waals surface area contributed by atoms with Crippen molar-refractivity contribution < 1.29 is 8.42 Å². The largest absolute Gasteiger partial charge is 0.267 e. The van der Waals surface area contributed by atoms with E-state index in [1.807, 2.05) is 38.1 Å². The van der Waals surface area contributed by atoms with E-state index in [0.717, 1.165) is 11.1 Å². The molecule has 0 saturated carbocycles. The van der Waals surface area contributed by atoms with Gasteiger partial charge in [0, 0.05) is 12.0 Å². The predicted molar refractivity (Wildman–Crippen MR) is 71.7 cm³/mol. The Morgan fingerprint density at radius 3 is 2.41 bits per heavy atom. The molecule has 0 N–H and O–H groups in total. The van der Waals surface area contributed by atoms with Gasteiger partial charge in [0.05, 0.1) is 0 Å². The second-order valence-electron chi connectivity index (χ2n) is 3.60. The molecule has 4 nitrogen and oxygen atoms in total. The molecule has 0 amide bonds. The number of nitrogens with zero attached hydrogens (tertiary/aromatic N) is 2. The summed E-state index contributed by atoms with van der Waals surface area (Å²) in [5.74, 6) is 0.605. The number of benzene rings is 1. The lowest BCUT2D eigenvalue weighted by Gasteiger charge is -1.99. The second-order valence-corrected chi connectivity index (χ2v) is 6.84. The molecule has 0 radical (unpaired) electrons. The van der Waals surface area contributed by atoms with Gasteiger partial charge in [0.25, 0.3) is 9.26 Å². The monoisotopic (exact) mass is 268 g/mol. The molecule has 1 unspecified atom stereocenters. The van der Waals surface area contributed by atoms with Crippen LogP contribution in [0, 0.1) is 6.92 Å². The smallest absolute Gasteiger partial charge is 0.223 e. The van der Waals surface area contributed by atoms with Crippen molar-refractivity contribution in [3.63, 3.8) is 0 Å². The fourth-order valence-electron chi connectivity index (χ4n) is 1.42. The van der Waals surface area contributed by atoms with Crippen molar-refractivity contribution in [1.29, 1.82) is 0 Å². The zero-order valence-corrected chi connectivity index (χ0v) is 11.2. The summed E-state index contributed by atoms with van der Waals surface area (Å²) < 4.78 is 26.4. The lowest BCUT2D eigenvalue weighted by atomic mass is 10.2. The Morgan fingerprint density at radius 1 is 1.24 bits per heavy atom. The third-order valence-corrected chi connectivity index (χ3v) is 5.09. The SMILES string of the molecule is CCC1=NS(=S(=O)=O)C(c2ccc(C)cc2)=N1. The molecular weight excluding hydrogens is 256 g/mol. The standard InChI is InChI=1S/C11H12N2O2S2/c1-3-10-12-11(16(13-10)17(14)15)9-6-4-8(2)5-7-9/h4-7H,3H2,1-2H3. The predicted octanol–water partition coefficient (Wildman–Crippen LogP) is 1.89. The van der Waals surface area contributed by atoms with Gasteiger partial charge in [-0.1, -0.05) is 36.8 Å². The molecule has 6 heteroatoms. The van der Waals surface area contributed by atoms with E-state index in [2.05, 4.69) is 9.39 Å². The summed E-state index contributed by atoms with van der Waals surface area (Å²) in [5.41, 5.74) is 1.96. The summed E-state index contributed by atoms with van der Waals surface area (Å²) in [7, 11) is -3.39. The topological polar surface area (TPSA) is 58.9 Å². The fraction of sp³-hybridized carbons (Fsp3) is 0.273. The Labute approximate surface area is 103 Å². The number of rotatable bonds is 2. The van der Waals surface area contributed by atoms with E-state index >= 15 is 0 Å². The van der Waals surface area contributed by atoms with E-state index in [-0.39, 0.29) is 0 Å². The van der Waals surface area contributed by atoms with Gasteiger partial charge in [0.2, 0.25) is 0 Å². The average Bonchev–Trinajstić information content (AvgIpc) is 2.74. The van der Waals surface area contributed by atoms with Gasteiger partial charge in [0.15, 0.2) is 0 Å². The summed E-state index contributed by atoms with van der Waals surface area (Å²) in [6.07, 6.45) is 0.649. The van der Waals surface area contributed by atoms with Gasteiger partial charge in [-0.2, -0.15) is 12.8 Å². The molecule has 1 aliphatic rings. The first-order valence-electron chi connectivity index (χ1n) is 5.19. The summed E-state index contributed by atoms with van der Waals surface area (Å²) in [4.78, 5) is 4.30. The number of aliphatic imine (C=N–C) groups is 1. The maximum Gasteiger partial charge on any atom is 0.267 e. The van der Waals surface area contributed by atoms with E-state index < -0.39 is 18.9 Å². The summed E-state index contributed by atoms with van der Waals surface area (Å²) in [6.45, 7) is 3.90. The summed E-state index contributed by atoms with van der Waals surface area (Å²) in [5, 5.41) is 0.551. The van der Waals surface area contributed by atoms with Gasteiger partial charge in [-0.15, -0.1) is 0 Å². The molecule has 1 aliphatic heterocycles. The molecule has 0 spiro atoms. The molecule has 0 bridgehead atoms. The van der Waals surface area contributed by atoms with Gasteiger partial charge in [0.1, 0.15) is 20.5 Å². The van der Waals surface area contributed by atoms with Crippen molar-refractivity contribution in [3.8, 4) is 0 Å². The van der Waals surface area contributed by atoms with Crippen LogP contribution in [0.2, 0.25) is 0 Å². The first kappa shape index (κ1) is 12.2. The number of amidine groups is 1. The highest BCUT2D eigenvalue weighted by molar-refractivity contribution is 8.41. The first-order chi connectivity index (χ1) is 8.11. The molecule has 90 valence electrons. The van der Waals surface area contributed by atoms with Gasteiger partial charge in [-0.05, 0) is 6.92 Å². The molecule has 0 aromatic heterocycles. The molecule has 17 heavy (non-hydrogen) atoms. The minimum Gasteiger partial charge on any atom is -0.223 e. The van der Waals surface area contributed by atoms with E-state index in [1.165, 1.54) is 0 Å². The Hall–Kier alpha value is -1.27. The van der Waals surface area contributed by atoms with E-state index in [9.17, 15) is 8.42 Å². The highest BCUT2D eigenvalue weighted by atomic mass is 32.9. The van der Waals surface area contributed by atoms with Crippen molar-refractivity contribution in [1.82, 2.24) is 0 Å². The molecule has 1 atom stereocenters. The van der Waals surface area contributed by atoms with E-state index in [0.29, 0.717) is 17.3 Å². The Kier molecular flexibility index (Phi) is 3.54. The van der Waals surface area contributed by atoms with Crippen molar-refractivity contribution in [2.75, 3.05) is 0 Å². The number of hydrogen-bond donors (Lipinski definition) is 0. The van der Waals surface area contributed by atoms with Crippen molar-refractivity contribution in [2.45, 2.75) is 20.3 Å². The Bertz CT molecular complexity index is 633. The van der Waals surface area contributed by atoms with Crippen LogP contribution in [0.3, 0.4) is 0 Å². The van der Waals surface area contributed by atoms with Crippen molar-refractivity contribution in [3.05, 3.63) is 35.4 Å². The normalized spacial score (nSPS) is 18.8. The van der Waals surface area contributed by atoms with Crippen LogP contribution < -0.4 is 0 Å². The molecule has 1 heterocycles. The van der Waals surface area contributed by atoms with Crippen LogP contribution in [0.4, 0.5) is 0 Å². The van der Waals surface area contributed by atoms with Crippen LogP contribution in [0.5, 0.6) is 0 Å². The lowest BCUT2D eigenvalue weighted by Crippen LogP contribution is -2.03. The zero-order chi connectivity index (χ0) is 12.4. The maximum absolute atomic E-state index is 11.1. The fourth-order valence-corrected chi connectivity index (χ4v) is 3.80. The maximum atomic E-state index is 11.1. The van der Waals surface area contributed by atoms with Crippen molar-refractivity contribution >= 4 is 29.8 Å². The molecular formula is C11H12N2O2S2. The molecule has 0 aliphatic carbocycles. The van der Waals surface area contributed by atoms with Crippen molar-refractivity contribution in [2.24, 2.45) is 9.39 Å². The Balaban J connectivity index is 2.53. The third-order valence-electron chi connectivity index (χ3n) is 2.33. The molecule has 1 aromatic rings. The molecule has 2 rings (SSSR count). The highest BCUT2D eigenvalue weighted by Crippen LogP contribution is 2.15. The number of hydrogen-bond acceptors (Lipinski definition) is 3. The van der Waals surface area contributed by atoms with Gasteiger partial charge < -0.3 is 0 Å². The quantitative estimate of drug-likeness (QED) is 0.822. The Morgan fingerprint density at radius 2 is 1.88 bits per heavy atom. The molecule has 0 saturated heterocycles. The second kappa shape index (κ2) is 4.93. The first-order valence-corrected chi connectivity index (χ1v) is 7.96. The van der Waals surface area contributed by atoms with Crippen LogP contribution >= 0.6 is 0 Å². The summed E-state index contributed by atoms with van der Waals surface area (Å²) >= 11 is 0. The van der Waals surface area contributed by atoms with Crippen LogP contribution in [-0.2, 0) is 18.9 Å². The van der Waals surface area contributed by atoms with Gasteiger partial charge >= 0.3 is 0 Å². The van der Waals surface area contributed by atoms with Crippen LogP contribution in [0.15, 0.2) is 33.7 Å². The lowest BCUT2D eigenvalue weighted by molar-refractivity contribution is 0.628. The minimum atomic E-state index is -2.24. The summed E-state index contributed by atoms with van der Waals surface area (Å²) in [6, 6.07) is 7.65. The van der Waals surface area contributed by atoms with Crippen LogP contribution in [0.25, 0.3) is 0 Å². The molecule has 1 aromatic carbocycles. The highest BCUT2D eigenvalue weighted by Gasteiger charge is 2.18. The van der Waals surface area contributed by atoms with Crippen LogP contribution in [0.1, 0.15) is 24.5 Å². The molecule has 0 fully saturated rings. The van der Waals surface area contributed by atoms with Gasteiger partial charge in [-0.3, -0.25) is 0 Å². The third kappa shape index (κ3) is 2.53. The van der Waals surface area contributed by atoms with Crippen LogP contribution in [-0.4, -0.2) is 19.3 Å². The zero-order valence-electron chi connectivity index (χ0n) is 9.54. The minimum absolute atomic E-state index is 0.551.